The van der Waals surface area contributed by atoms with Gasteiger partial charge in [0.05, 0.1) is 30.5 Å². The molecule has 1 aliphatic carbocycles. The van der Waals surface area contributed by atoms with Gasteiger partial charge in [-0.2, -0.15) is 0 Å². The monoisotopic (exact) mass is 789 g/mol. The van der Waals surface area contributed by atoms with Crippen molar-refractivity contribution < 1.29 is 58.2 Å². The largest absolute Gasteiger partial charge is 0.456 e. The first kappa shape index (κ1) is 45.9. The number of nitrogens with zero attached hydrogens (tertiary/aromatic N) is 1. The number of methoxy groups -OCH3 is 3. The number of rotatable bonds is 6. The Morgan fingerprint density at radius 2 is 1.59 bits per heavy atom. The maximum absolute atomic E-state index is 14.2. The summed E-state index contributed by atoms with van der Waals surface area (Å²) in [6.07, 6.45) is 5.75. The third kappa shape index (κ3) is 10.6. The molecule has 14 atom stereocenters. The molecule has 0 spiro atoms. The Morgan fingerprint density at radius 3 is 2.23 bits per heavy atom. The van der Waals surface area contributed by atoms with Crippen LogP contribution in [0.2, 0.25) is 0 Å². The Hall–Kier alpha value is -2.78. The molecule has 0 aromatic rings. The Morgan fingerprint density at radius 1 is 0.929 bits per heavy atom. The Bertz CT molecular complexity index is 1480. The number of hydrogen-bond donors (Lipinski definition) is 3. The van der Waals surface area contributed by atoms with E-state index in [-0.39, 0.29) is 43.0 Å². The minimum Gasteiger partial charge on any atom is -0.456 e. The van der Waals surface area contributed by atoms with Crippen LogP contribution in [0.5, 0.6) is 0 Å². The number of fused-ring (bicyclic) bond motifs is 3. The van der Waals surface area contributed by atoms with E-state index in [0.717, 1.165) is 10.5 Å². The minimum atomic E-state index is -2.53. The van der Waals surface area contributed by atoms with Crippen molar-refractivity contribution in [3.63, 3.8) is 0 Å². The minimum absolute atomic E-state index is 0.0103. The highest BCUT2D eigenvalue weighted by atomic mass is 16.7. The van der Waals surface area contributed by atoms with Gasteiger partial charge in [-0.25, -0.2) is 4.79 Å². The average Bonchev–Trinajstić information content (AvgIpc) is 3.18. The third-order valence-corrected chi connectivity index (χ3v) is 12.6. The standard InChI is InChI=1S/C43H67NO12/c1-10-30-18-24(2)17-25(3)19-36(53-8)39-37(54-9)21-27(5)43(51,56-39)40(48)41(49)44-16-12-11-13-31(44)42(50)55-38(28(6)33(46)23-34(30)47)26(4)20-29-14-15-32(45)35(22-29)52-7/h12,16,18,20,25,27-33,35-39,45-46,51H,10-11,13-15,17,19,21-23H2,1-9H3/b24-18+,26-20?. The summed E-state index contributed by atoms with van der Waals surface area (Å²) in [5.74, 6) is -7.80. The van der Waals surface area contributed by atoms with Crippen molar-refractivity contribution in [1.29, 1.82) is 0 Å². The first-order chi connectivity index (χ1) is 26.5. The molecule has 1 amide bonds. The summed E-state index contributed by atoms with van der Waals surface area (Å²) in [4.78, 5) is 57.3. The molecule has 2 bridgehead atoms. The van der Waals surface area contributed by atoms with Gasteiger partial charge >= 0.3 is 11.9 Å². The highest BCUT2D eigenvalue weighted by Gasteiger charge is 2.56. The summed E-state index contributed by atoms with van der Waals surface area (Å²) >= 11 is 0. The Labute approximate surface area is 332 Å². The second-order valence-corrected chi connectivity index (χ2v) is 16.8. The lowest BCUT2D eigenvalue weighted by atomic mass is 9.81. The molecule has 0 aromatic carbocycles. The molecule has 13 heteroatoms. The van der Waals surface area contributed by atoms with Gasteiger partial charge in [-0.15, -0.1) is 0 Å². The fraction of sp³-hybridized carbons (Fsp3) is 0.767. The van der Waals surface area contributed by atoms with Crippen LogP contribution in [0.3, 0.4) is 0 Å². The number of esters is 1. The number of carbonyl (C=O) groups excluding carboxylic acids is 4. The van der Waals surface area contributed by atoms with Crippen LogP contribution < -0.4 is 0 Å². The van der Waals surface area contributed by atoms with E-state index in [1.54, 1.807) is 34.0 Å². The molecule has 4 aliphatic rings. The number of ketones is 2. The summed E-state index contributed by atoms with van der Waals surface area (Å²) in [5.41, 5.74) is 1.64. The number of carbonyl (C=O) groups is 4. The molecule has 1 saturated carbocycles. The zero-order valence-electron chi connectivity index (χ0n) is 34.8. The fourth-order valence-electron chi connectivity index (χ4n) is 9.08. The van der Waals surface area contributed by atoms with E-state index < -0.39 is 83.9 Å². The van der Waals surface area contributed by atoms with Crippen LogP contribution >= 0.6 is 0 Å². The molecule has 3 N–H and O–H groups in total. The molecule has 0 aromatic heterocycles. The molecule has 1 saturated heterocycles. The van der Waals surface area contributed by atoms with Crippen molar-refractivity contribution in [3.8, 4) is 0 Å². The second-order valence-electron chi connectivity index (χ2n) is 16.8. The number of allylic oxidation sites excluding steroid dienone is 4. The number of hydrogen-bond acceptors (Lipinski definition) is 12. The van der Waals surface area contributed by atoms with Crippen LogP contribution in [0, 0.1) is 29.6 Å². The zero-order chi connectivity index (χ0) is 41.5. The van der Waals surface area contributed by atoms with E-state index >= 15 is 0 Å². The van der Waals surface area contributed by atoms with Crippen LogP contribution in [-0.2, 0) is 42.9 Å². The maximum Gasteiger partial charge on any atom is 0.329 e. The van der Waals surface area contributed by atoms with Crippen molar-refractivity contribution in [3.05, 3.63) is 35.6 Å². The quantitative estimate of drug-likeness (QED) is 0.194. The van der Waals surface area contributed by atoms with Crippen LogP contribution in [0.4, 0.5) is 0 Å². The number of amides is 1. The van der Waals surface area contributed by atoms with Crippen molar-refractivity contribution in [1.82, 2.24) is 4.90 Å². The van der Waals surface area contributed by atoms with Gasteiger partial charge < -0.3 is 39.0 Å². The molecule has 3 aliphatic heterocycles. The van der Waals surface area contributed by atoms with Crippen molar-refractivity contribution >= 4 is 23.4 Å². The molecular weight excluding hydrogens is 722 g/mol. The lowest BCUT2D eigenvalue weighted by Gasteiger charge is -2.46. The normalized spacial score (nSPS) is 41.3. The number of aliphatic hydroxyl groups excluding tert-OH is 2. The lowest BCUT2D eigenvalue weighted by molar-refractivity contribution is -0.302. The average molecular weight is 790 g/mol. The first-order valence-electron chi connectivity index (χ1n) is 20.5. The van der Waals surface area contributed by atoms with Gasteiger partial charge in [0.2, 0.25) is 5.79 Å². The van der Waals surface area contributed by atoms with E-state index in [9.17, 15) is 34.5 Å². The number of ether oxygens (including phenoxy) is 5. The van der Waals surface area contributed by atoms with Crippen LogP contribution in [0.1, 0.15) is 106 Å². The van der Waals surface area contributed by atoms with Gasteiger partial charge in [0.1, 0.15) is 24.0 Å². The molecule has 0 radical (unpaired) electrons. The van der Waals surface area contributed by atoms with Crippen molar-refractivity contribution in [2.24, 2.45) is 29.6 Å². The molecular formula is C43H67NO12. The summed E-state index contributed by atoms with van der Waals surface area (Å²) in [5, 5.41) is 34.0. The molecule has 316 valence electrons. The lowest BCUT2D eigenvalue weighted by Crippen LogP contribution is -2.64. The van der Waals surface area contributed by atoms with Gasteiger partial charge in [-0.1, -0.05) is 51.5 Å². The maximum atomic E-state index is 14.2. The highest BCUT2D eigenvalue weighted by molar-refractivity contribution is 6.39. The van der Waals surface area contributed by atoms with Gasteiger partial charge in [-0.05, 0) is 89.0 Å². The predicted molar refractivity (Wildman–Crippen MR) is 208 cm³/mol. The molecule has 13 nitrogen and oxygen atoms in total. The van der Waals surface area contributed by atoms with Crippen LogP contribution in [0.25, 0.3) is 0 Å². The topological polar surface area (TPSA) is 178 Å². The van der Waals surface area contributed by atoms with Gasteiger partial charge in [-0.3, -0.25) is 19.3 Å². The molecule has 56 heavy (non-hydrogen) atoms. The number of Topliss-reactive ketones (excluding diaryl/α,β-unsaturated/α-hetero) is 2. The van der Waals surface area contributed by atoms with Crippen LogP contribution in [0.15, 0.2) is 35.6 Å². The van der Waals surface area contributed by atoms with Crippen molar-refractivity contribution in [2.45, 2.75) is 160 Å². The summed E-state index contributed by atoms with van der Waals surface area (Å²) in [7, 11) is 4.60. The van der Waals surface area contributed by atoms with E-state index in [1.807, 2.05) is 32.9 Å². The molecule has 4 rings (SSSR count). The van der Waals surface area contributed by atoms with Crippen LogP contribution in [-0.4, -0.2) is 120 Å². The summed E-state index contributed by atoms with van der Waals surface area (Å²) in [6, 6.07) is -1.22. The molecule has 3 heterocycles. The smallest absolute Gasteiger partial charge is 0.329 e. The molecule has 14 unspecified atom stereocenters. The third-order valence-electron chi connectivity index (χ3n) is 12.6. The van der Waals surface area contributed by atoms with Gasteiger partial charge in [0, 0.05) is 51.7 Å². The van der Waals surface area contributed by atoms with Crippen molar-refractivity contribution in [2.75, 3.05) is 21.3 Å². The van der Waals surface area contributed by atoms with E-state index in [2.05, 4.69) is 0 Å². The van der Waals surface area contributed by atoms with E-state index in [1.165, 1.54) is 20.4 Å². The van der Waals surface area contributed by atoms with E-state index in [0.29, 0.717) is 50.5 Å². The summed E-state index contributed by atoms with van der Waals surface area (Å²) in [6.45, 7) is 11.1. The number of cyclic esters (lactones) is 1. The predicted octanol–water partition coefficient (Wildman–Crippen LogP) is 4.60. The van der Waals surface area contributed by atoms with E-state index in [4.69, 9.17) is 23.7 Å². The highest BCUT2D eigenvalue weighted by Crippen LogP contribution is 2.39. The van der Waals surface area contributed by atoms with Gasteiger partial charge in [0.25, 0.3) is 5.78 Å². The zero-order valence-corrected chi connectivity index (χ0v) is 34.8. The SMILES string of the molecule is CCC1/C=C(\C)CC(C)CC(OC)C2OC(O)(C(=O)C(=O)N3C=CCCC3C(=O)OC(C(C)=CC3CCC(O)C(OC)C3)C(C)C(O)CC1=O)C(C)CC2OC. The summed E-state index contributed by atoms with van der Waals surface area (Å²) < 4.78 is 29.6. The number of aliphatic hydroxyl groups is 3. The Kier molecular flexibility index (Phi) is 16.6. The van der Waals surface area contributed by atoms with Gasteiger partial charge in [0.15, 0.2) is 0 Å². The fourth-order valence-corrected chi connectivity index (χ4v) is 9.08. The molecule has 2 fully saturated rings. The second kappa shape index (κ2) is 20.3. The Balaban J connectivity index is 1.77. The first-order valence-corrected chi connectivity index (χ1v) is 20.5.